The van der Waals surface area contributed by atoms with Gasteiger partial charge in [0.2, 0.25) is 0 Å². The summed E-state index contributed by atoms with van der Waals surface area (Å²) in [5.74, 6) is 0. The Kier molecular flexibility index (Phi) is 9.87. The normalized spacial score (nSPS) is 11.1. The van der Waals surface area contributed by atoms with Crippen LogP contribution in [0, 0.1) is 6.92 Å². The van der Waals surface area contributed by atoms with Gasteiger partial charge in [-0.2, -0.15) is 0 Å². The minimum absolute atomic E-state index is 0.793. The SMILES string of the molecule is [CH2]CCCN(CCOC)CCOC. The molecule has 0 unspecified atom stereocenters. The molecular formula is C10H22NO2. The molecule has 0 amide bonds. The van der Waals surface area contributed by atoms with Gasteiger partial charge in [-0.25, -0.2) is 0 Å². The molecule has 0 saturated carbocycles. The molecule has 0 spiro atoms. The summed E-state index contributed by atoms with van der Waals surface area (Å²) in [6, 6.07) is 0. The highest BCUT2D eigenvalue weighted by molar-refractivity contribution is 4.57. The number of methoxy groups -OCH3 is 2. The summed E-state index contributed by atoms with van der Waals surface area (Å²) >= 11 is 0. The van der Waals surface area contributed by atoms with Crippen LogP contribution < -0.4 is 0 Å². The summed E-state index contributed by atoms with van der Waals surface area (Å²) < 4.78 is 10.1. The van der Waals surface area contributed by atoms with E-state index in [4.69, 9.17) is 9.47 Å². The Labute approximate surface area is 82.0 Å². The molecule has 0 heterocycles. The van der Waals surface area contributed by atoms with E-state index in [9.17, 15) is 0 Å². The average molecular weight is 188 g/mol. The second kappa shape index (κ2) is 9.96. The summed E-state index contributed by atoms with van der Waals surface area (Å²) in [7, 11) is 3.46. The zero-order valence-corrected chi connectivity index (χ0v) is 8.92. The minimum atomic E-state index is 0.793. The molecule has 0 bridgehead atoms. The van der Waals surface area contributed by atoms with E-state index in [0.29, 0.717) is 0 Å². The highest BCUT2D eigenvalue weighted by Crippen LogP contribution is 1.94. The van der Waals surface area contributed by atoms with Crippen molar-refractivity contribution in [1.82, 2.24) is 4.90 Å². The topological polar surface area (TPSA) is 21.7 Å². The van der Waals surface area contributed by atoms with Crippen LogP contribution in [0.25, 0.3) is 0 Å². The van der Waals surface area contributed by atoms with E-state index in [1.165, 1.54) is 0 Å². The number of ether oxygens (including phenoxy) is 2. The monoisotopic (exact) mass is 188 g/mol. The third kappa shape index (κ3) is 8.22. The molecule has 0 atom stereocenters. The van der Waals surface area contributed by atoms with Crippen LogP contribution >= 0.6 is 0 Å². The van der Waals surface area contributed by atoms with Crippen molar-refractivity contribution in [1.29, 1.82) is 0 Å². The van der Waals surface area contributed by atoms with Gasteiger partial charge in [0.05, 0.1) is 13.2 Å². The van der Waals surface area contributed by atoms with Crippen LogP contribution in [-0.2, 0) is 9.47 Å². The predicted molar refractivity (Wildman–Crippen MR) is 54.8 cm³/mol. The van der Waals surface area contributed by atoms with E-state index < -0.39 is 0 Å². The van der Waals surface area contributed by atoms with E-state index >= 15 is 0 Å². The highest BCUT2D eigenvalue weighted by Gasteiger charge is 2.02. The lowest BCUT2D eigenvalue weighted by atomic mass is 10.3. The molecule has 3 nitrogen and oxygen atoms in total. The first kappa shape index (κ1) is 12.9. The van der Waals surface area contributed by atoms with Crippen molar-refractivity contribution in [2.45, 2.75) is 12.8 Å². The van der Waals surface area contributed by atoms with Crippen molar-refractivity contribution in [3.8, 4) is 0 Å². The third-order valence-electron chi connectivity index (χ3n) is 1.95. The molecule has 0 N–H and O–H groups in total. The zero-order valence-electron chi connectivity index (χ0n) is 8.92. The minimum Gasteiger partial charge on any atom is -0.383 e. The fourth-order valence-corrected chi connectivity index (χ4v) is 1.11. The van der Waals surface area contributed by atoms with Crippen molar-refractivity contribution in [3.05, 3.63) is 6.92 Å². The Morgan fingerprint density at radius 2 is 1.54 bits per heavy atom. The van der Waals surface area contributed by atoms with Crippen LogP contribution in [0.5, 0.6) is 0 Å². The Bertz CT molecular complexity index is 79.9. The molecule has 1 radical (unpaired) electrons. The van der Waals surface area contributed by atoms with Gasteiger partial charge in [0.1, 0.15) is 0 Å². The van der Waals surface area contributed by atoms with Crippen molar-refractivity contribution >= 4 is 0 Å². The lowest BCUT2D eigenvalue weighted by molar-refractivity contribution is 0.113. The Hall–Kier alpha value is -0.120. The summed E-state index contributed by atoms with van der Waals surface area (Å²) in [4.78, 5) is 2.35. The molecule has 0 rings (SSSR count). The first-order chi connectivity index (χ1) is 6.35. The van der Waals surface area contributed by atoms with Gasteiger partial charge in [0.15, 0.2) is 0 Å². The van der Waals surface area contributed by atoms with Crippen LogP contribution in [0.1, 0.15) is 12.8 Å². The first-order valence-electron chi connectivity index (χ1n) is 4.84. The fraction of sp³-hybridized carbons (Fsp3) is 0.900. The van der Waals surface area contributed by atoms with Crippen LogP contribution in [0.3, 0.4) is 0 Å². The van der Waals surface area contributed by atoms with Gasteiger partial charge < -0.3 is 9.47 Å². The van der Waals surface area contributed by atoms with Crippen molar-refractivity contribution in [3.63, 3.8) is 0 Å². The summed E-state index contributed by atoms with van der Waals surface area (Å²) in [6.45, 7) is 8.48. The second-order valence-corrected chi connectivity index (χ2v) is 3.03. The molecule has 0 aromatic carbocycles. The smallest absolute Gasteiger partial charge is 0.0589 e. The van der Waals surface area contributed by atoms with E-state index in [-0.39, 0.29) is 0 Å². The number of hydrogen-bond acceptors (Lipinski definition) is 3. The Morgan fingerprint density at radius 3 is 1.92 bits per heavy atom. The molecule has 3 heteroatoms. The van der Waals surface area contributed by atoms with Gasteiger partial charge in [-0.1, -0.05) is 13.3 Å². The van der Waals surface area contributed by atoms with Crippen LogP contribution in [0.2, 0.25) is 0 Å². The van der Waals surface area contributed by atoms with Gasteiger partial charge in [0, 0.05) is 27.3 Å². The van der Waals surface area contributed by atoms with E-state index in [1.807, 2.05) is 0 Å². The first-order valence-corrected chi connectivity index (χ1v) is 4.84. The van der Waals surface area contributed by atoms with Crippen LogP contribution in [0.15, 0.2) is 0 Å². The third-order valence-corrected chi connectivity index (χ3v) is 1.95. The number of nitrogens with zero attached hydrogens (tertiary/aromatic N) is 1. The van der Waals surface area contributed by atoms with Gasteiger partial charge in [-0.15, -0.1) is 0 Å². The van der Waals surface area contributed by atoms with Gasteiger partial charge in [-0.05, 0) is 13.0 Å². The molecule has 0 saturated heterocycles. The summed E-state index contributed by atoms with van der Waals surface area (Å²) in [5, 5.41) is 0. The highest BCUT2D eigenvalue weighted by atomic mass is 16.5. The maximum absolute atomic E-state index is 5.03. The molecule has 0 aliphatic rings. The molecular weight excluding hydrogens is 166 g/mol. The Morgan fingerprint density at radius 1 is 1.00 bits per heavy atom. The number of unbranched alkanes of at least 4 members (excludes halogenated alkanes) is 1. The Balaban J connectivity index is 3.47. The summed E-state index contributed by atoms with van der Waals surface area (Å²) in [6.07, 6.45) is 2.14. The standard InChI is InChI=1S/C10H22NO2/c1-4-5-6-11(7-9-12-2)8-10-13-3/h1,4-10H2,2-3H3. The molecule has 0 aliphatic heterocycles. The summed E-state index contributed by atoms with van der Waals surface area (Å²) in [5.41, 5.74) is 0. The van der Waals surface area contributed by atoms with Crippen molar-refractivity contribution in [2.75, 3.05) is 47.1 Å². The molecule has 79 valence electrons. The lowest BCUT2D eigenvalue weighted by Crippen LogP contribution is -2.31. The van der Waals surface area contributed by atoms with Gasteiger partial charge >= 0.3 is 0 Å². The van der Waals surface area contributed by atoms with Gasteiger partial charge in [-0.3, -0.25) is 4.90 Å². The van der Waals surface area contributed by atoms with Crippen molar-refractivity contribution in [2.24, 2.45) is 0 Å². The second-order valence-electron chi connectivity index (χ2n) is 3.03. The van der Waals surface area contributed by atoms with Crippen LogP contribution in [-0.4, -0.2) is 52.0 Å². The average Bonchev–Trinajstić information content (AvgIpc) is 2.17. The fourth-order valence-electron chi connectivity index (χ4n) is 1.11. The van der Waals surface area contributed by atoms with Gasteiger partial charge in [0.25, 0.3) is 0 Å². The lowest BCUT2D eigenvalue weighted by Gasteiger charge is -2.20. The van der Waals surface area contributed by atoms with E-state index in [0.717, 1.165) is 45.7 Å². The van der Waals surface area contributed by atoms with Crippen LogP contribution in [0.4, 0.5) is 0 Å². The largest absolute Gasteiger partial charge is 0.383 e. The molecule has 0 aromatic heterocycles. The molecule has 0 aromatic rings. The quantitative estimate of drug-likeness (QED) is 0.542. The van der Waals surface area contributed by atoms with E-state index in [1.54, 1.807) is 14.2 Å². The molecule has 13 heavy (non-hydrogen) atoms. The predicted octanol–water partition coefficient (Wildman–Crippen LogP) is 1.20. The molecule has 0 aliphatic carbocycles. The molecule has 0 fully saturated rings. The number of hydrogen-bond donors (Lipinski definition) is 0. The van der Waals surface area contributed by atoms with Crippen molar-refractivity contribution < 1.29 is 9.47 Å². The maximum Gasteiger partial charge on any atom is 0.0589 e. The maximum atomic E-state index is 5.03. The number of rotatable bonds is 9. The zero-order chi connectivity index (χ0) is 9.94. The van der Waals surface area contributed by atoms with E-state index in [2.05, 4.69) is 11.8 Å².